The summed E-state index contributed by atoms with van der Waals surface area (Å²) >= 11 is 0. The predicted molar refractivity (Wildman–Crippen MR) is 105 cm³/mol. The standard InChI is InChI=1S/C20H30F3N3O3/c1-5-6-17(29-20(21,22)23)11-15(4)19(28)24-12-16-7-9-26(10-8-16)13-18(27)25-14(2)3/h5-6,11,14,16H,4,7-10,12-13H2,1-3H3,(H,24,28)(H,25,27)/b6-5-,17-11+. The van der Waals surface area contributed by atoms with Crippen molar-refractivity contribution in [3.63, 3.8) is 0 Å². The van der Waals surface area contributed by atoms with Crippen LogP contribution in [0.5, 0.6) is 0 Å². The van der Waals surface area contributed by atoms with E-state index in [-0.39, 0.29) is 23.4 Å². The lowest BCUT2D eigenvalue weighted by atomic mass is 9.96. The van der Waals surface area contributed by atoms with Crippen LogP contribution in [0.25, 0.3) is 0 Å². The zero-order valence-corrected chi connectivity index (χ0v) is 17.1. The zero-order chi connectivity index (χ0) is 22.0. The highest BCUT2D eigenvalue weighted by molar-refractivity contribution is 5.95. The molecule has 6 nitrogen and oxygen atoms in total. The second-order valence-corrected chi connectivity index (χ2v) is 7.27. The second kappa shape index (κ2) is 11.6. The van der Waals surface area contributed by atoms with Crippen molar-refractivity contribution in [2.24, 2.45) is 5.92 Å². The third-order valence-electron chi connectivity index (χ3n) is 4.25. The number of alkyl halides is 3. The molecule has 1 heterocycles. The molecule has 1 fully saturated rings. The minimum absolute atomic E-state index is 0.00662. The molecule has 29 heavy (non-hydrogen) atoms. The maximum Gasteiger partial charge on any atom is 0.573 e. The summed E-state index contributed by atoms with van der Waals surface area (Å²) < 4.78 is 41.0. The maximum atomic E-state index is 12.4. The van der Waals surface area contributed by atoms with Crippen LogP contribution in [0.2, 0.25) is 0 Å². The van der Waals surface area contributed by atoms with Gasteiger partial charge in [-0.2, -0.15) is 0 Å². The van der Waals surface area contributed by atoms with Gasteiger partial charge in [-0.1, -0.05) is 12.7 Å². The number of carbonyl (C=O) groups is 2. The van der Waals surface area contributed by atoms with Crippen LogP contribution < -0.4 is 10.6 Å². The van der Waals surface area contributed by atoms with Gasteiger partial charge in [0, 0.05) is 18.2 Å². The van der Waals surface area contributed by atoms with Gasteiger partial charge in [-0.3, -0.25) is 14.5 Å². The summed E-state index contributed by atoms with van der Waals surface area (Å²) in [6, 6.07) is 0.104. The molecule has 0 radical (unpaired) electrons. The Morgan fingerprint density at radius 3 is 2.41 bits per heavy atom. The third kappa shape index (κ3) is 10.7. The van der Waals surface area contributed by atoms with Crippen molar-refractivity contribution in [3.05, 3.63) is 36.1 Å². The van der Waals surface area contributed by atoms with E-state index in [0.29, 0.717) is 13.1 Å². The zero-order valence-electron chi connectivity index (χ0n) is 17.1. The van der Waals surface area contributed by atoms with Crippen molar-refractivity contribution in [2.45, 2.75) is 46.0 Å². The number of nitrogens with zero attached hydrogens (tertiary/aromatic N) is 1. The first-order valence-electron chi connectivity index (χ1n) is 9.59. The summed E-state index contributed by atoms with van der Waals surface area (Å²) in [5.74, 6) is -0.820. The second-order valence-electron chi connectivity index (χ2n) is 7.27. The van der Waals surface area contributed by atoms with E-state index < -0.39 is 18.0 Å². The number of hydrogen-bond donors (Lipinski definition) is 2. The molecule has 1 rings (SSSR count). The molecule has 0 spiro atoms. The fourth-order valence-electron chi connectivity index (χ4n) is 2.92. The van der Waals surface area contributed by atoms with Gasteiger partial charge < -0.3 is 15.4 Å². The number of allylic oxidation sites excluding steroid dienone is 2. The molecule has 0 aliphatic carbocycles. The Bertz CT molecular complexity index is 635. The average molecular weight is 417 g/mol. The van der Waals surface area contributed by atoms with Gasteiger partial charge in [-0.25, -0.2) is 0 Å². The van der Waals surface area contributed by atoms with Crippen molar-refractivity contribution in [1.82, 2.24) is 15.5 Å². The van der Waals surface area contributed by atoms with E-state index in [1.54, 1.807) is 0 Å². The summed E-state index contributed by atoms with van der Waals surface area (Å²) in [5, 5.41) is 5.56. The summed E-state index contributed by atoms with van der Waals surface area (Å²) in [6.45, 7) is 11.1. The van der Waals surface area contributed by atoms with Crippen LogP contribution in [0.3, 0.4) is 0 Å². The lowest BCUT2D eigenvalue weighted by Gasteiger charge is -2.31. The monoisotopic (exact) mass is 417 g/mol. The summed E-state index contributed by atoms with van der Waals surface area (Å²) in [6.07, 6.45) is 0.229. The van der Waals surface area contributed by atoms with Crippen LogP contribution in [-0.4, -0.2) is 55.3 Å². The van der Waals surface area contributed by atoms with E-state index in [1.807, 2.05) is 13.8 Å². The third-order valence-corrected chi connectivity index (χ3v) is 4.25. The van der Waals surface area contributed by atoms with Crippen LogP contribution in [0.15, 0.2) is 36.1 Å². The van der Waals surface area contributed by atoms with Gasteiger partial charge in [0.25, 0.3) is 5.91 Å². The van der Waals surface area contributed by atoms with Crippen LogP contribution in [-0.2, 0) is 14.3 Å². The summed E-state index contributed by atoms with van der Waals surface area (Å²) in [4.78, 5) is 26.0. The number of piperidine rings is 1. The number of ether oxygens (including phenoxy) is 1. The van der Waals surface area contributed by atoms with E-state index in [9.17, 15) is 22.8 Å². The van der Waals surface area contributed by atoms with Crippen molar-refractivity contribution in [1.29, 1.82) is 0 Å². The van der Waals surface area contributed by atoms with Gasteiger partial charge in [0.05, 0.1) is 6.54 Å². The normalized spacial score (nSPS) is 16.9. The van der Waals surface area contributed by atoms with Gasteiger partial charge >= 0.3 is 6.36 Å². The number of hydrogen-bond acceptors (Lipinski definition) is 4. The fraction of sp³-hybridized carbons (Fsp3) is 0.600. The molecule has 2 amide bonds. The smallest absolute Gasteiger partial charge is 0.406 e. The highest BCUT2D eigenvalue weighted by atomic mass is 19.4. The fourth-order valence-corrected chi connectivity index (χ4v) is 2.92. The first-order chi connectivity index (χ1) is 13.5. The summed E-state index contributed by atoms with van der Waals surface area (Å²) in [7, 11) is 0. The molecule has 0 aromatic heterocycles. The molecule has 0 aromatic carbocycles. The Labute approximate surface area is 169 Å². The number of rotatable bonds is 9. The van der Waals surface area contributed by atoms with Crippen molar-refractivity contribution < 1.29 is 27.5 Å². The molecule has 0 atom stereocenters. The molecule has 2 N–H and O–H groups in total. The average Bonchev–Trinajstić information content (AvgIpc) is 2.58. The first-order valence-corrected chi connectivity index (χ1v) is 9.59. The number of likely N-dealkylation sites (tertiary alicyclic amines) is 1. The molecule has 0 bridgehead atoms. The molecule has 1 aliphatic rings. The Kier molecular flexibility index (Phi) is 9.94. The SMILES string of the molecule is C=C(/C=C(\C=C/C)OC(F)(F)F)C(=O)NCC1CCN(CC(=O)NC(C)C)CC1. The topological polar surface area (TPSA) is 70.7 Å². The number of carbonyl (C=O) groups excluding carboxylic acids is 2. The summed E-state index contributed by atoms with van der Waals surface area (Å²) in [5.41, 5.74) is -0.120. The van der Waals surface area contributed by atoms with E-state index in [0.717, 1.165) is 38.1 Å². The maximum absolute atomic E-state index is 12.4. The van der Waals surface area contributed by atoms with E-state index in [1.165, 1.54) is 13.0 Å². The largest absolute Gasteiger partial charge is 0.573 e. The van der Waals surface area contributed by atoms with Gasteiger partial charge in [-0.05, 0) is 64.8 Å². The van der Waals surface area contributed by atoms with Crippen molar-refractivity contribution in [2.75, 3.05) is 26.2 Å². The predicted octanol–water partition coefficient (Wildman–Crippen LogP) is 2.89. The number of amides is 2. The minimum Gasteiger partial charge on any atom is -0.406 e. The molecule has 0 aromatic rings. The van der Waals surface area contributed by atoms with Crippen LogP contribution in [0, 0.1) is 5.92 Å². The van der Waals surface area contributed by atoms with Gasteiger partial charge in [-0.15, -0.1) is 13.2 Å². The van der Waals surface area contributed by atoms with Gasteiger partial charge in [0.1, 0.15) is 5.76 Å². The lowest BCUT2D eigenvalue weighted by molar-refractivity contribution is -0.303. The molecular formula is C20H30F3N3O3. The molecule has 9 heteroatoms. The quantitative estimate of drug-likeness (QED) is 0.344. The molecule has 164 valence electrons. The van der Waals surface area contributed by atoms with Gasteiger partial charge in [0.15, 0.2) is 0 Å². The van der Waals surface area contributed by atoms with Gasteiger partial charge in [0.2, 0.25) is 5.91 Å². The Balaban J connectivity index is 2.44. The van der Waals surface area contributed by atoms with Crippen LogP contribution >= 0.6 is 0 Å². The van der Waals surface area contributed by atoms with E-state index in [4.69, 9.17) is 0 Å². The minimum atomic E-state index is -4.85. The molecule has 0 unspecified atom stereocenters. The Morgan fingerprint density at radius 1 is 1.28 bits per heavy atom. The molecule has 1 saturated heterocycles. The highest BCUT2D eigenvalue weighted by Crippen LogP contribution is 2.22. The Morgan fingerprint density at radius 2 is 1.90 bits per heavy atom. The molecule has 0 saturated carbocycles. The van der Waals surface area contributed by atoms with Crippen molar-refractivity contribution >= 4 is 11.8 Å². The number of halogens is 3. The highest BCUT2D eigenvalue weighted by Gasteiger charge is 2.31. The van der Waals surface area contributed by atoms with Crippen molar-refractivity contribution in [3.8, 4) is 0 Å². The molecule has 1 aliphatic heterocycles. The lowest BCUT2D eigenvalue weighted by Crippen LogP contribution is -2.44. The Hall–Kier alpha value is -2.29. The molecular weight excluding hydrogens is 387 g/mol. The van der Waals surface area contributed by atoms with E-state index in [2.05, 4.69) is 26.8 Å². The van der Waals surface area contributed by atoms with E-state index >= 15 is 0 Å². The number of nitrogens with one attached hydrogen (secondary N) is 2. The van der Waals surface area contributed by atoms with Crippen LogP contribution in [0.1, 0.15) is 33.6 Å². The first kappa shape index (κ1) is 24.7. The van der Waals surface area contributed by atoms with Crippen LogP contribution in [0.4, 0.5) is 13.2 Å².